The molecule has 1 aromatic carbocycles. The monoisotopic (exact) mass is 407 g/mol. The lowest BCUT2D eigenvalue weighted by atomic mass is 9.99. The van der Waals surface area contributed by atoms with Crippen LogP contribution in [-0.2, 0) is 16.6 Å². The fraction of sp³-hybridized carbons (Fsp3) is 0.500. The van der Waals surface area contributed by atoms with Crippen molar-refractivity contribution in [3.63, 3.8) is 0 Å². The van der Waals surface area contributed by atoms with Gasteiger partial charge in [0.15, 0.2) is 0 Å². The van der Waals surface area contributed by atoms with Gasteiger partial charge in [0.2, 0.25) is 0 Å². The highest BCUT2D eigenvalue weighted by molar-refractivity contribution is 8.00. The fourth-order valence-electron chi connectivity index (χ4n) is 3.60. The van der Waals surface area contributed by atoms with Gasteiger partial charge in [-0.1, -0.05) is 17.7 Å². The number of nitrogens with one attached hydrogen (secondary N) is 1. The van der Waals surface area contributed by atoms with Gasteiger partial charge >= 0.3 is 5.97 Å². The van der Waals surface area contributed by atoms with Gasteiger partial charge in [-0.25, -0.2) is 0 Å². The number of carbonyl (C=O) groups excluding carboxylic acids is 1. The maximum Gasteiger partial charge on any atom is 0.306 e. The summed E-state index contributed by atoms with van der Waals surface area (Å²) in [7, 11) is 1.95. The number of ether oxygens (including phenoxy) is 1. The van der Waals surface area contributed by atoms with Crippen LogP contribution < -0.4 is 5.32 Å². The van der Waals surface area contributed by atoms with Gasteiger partial charge in [-0.05, 0) is 51.0 Å². The molecule has 146 valence electrons. The first-order valence-corrected chi connectivity index (χ1v) is 10.5. The highest BCUT2D eigenvalue weighted by Crippen LogP contribution is 2.48. The van der Waals surface area contributed by atoms with Crippen molar-refractivity contribution >= 4 is 35.1 Å². The van der Waals surface area contributed by atoms with Gasteiger partial charge in [0.05, 0.1) is 24.0 Å². The molecule has 0 radical (unpaired) electrons. The van der Waals surface area contributed by atoms with Crippen molar-refractivity contribution < 1.29 is 9.53 Å². The smallest absolute Gasteiger partial charge is 0.306 e. The van der Waals surface area contributed by atoms with E-state index in [0.29, 0.717) is 13.0 Å². The molecule has 0 fully saturated rings. The van der Waals surface area contributed by atoms with Crippen molar-refractivity contribution in [2.24, 2.45) is 7.05 Å². The highest BCUT2D eigenvalue weighted by atomic mass is 35.5. The zero-order valence-electron chi connectivity index (χ0n) is 16.4. The SMILES string of the molecule is CCOC(=O)C[C@@H]1S[C@H](c2ccc(Cl)cc2C)c2c(C)nn(C)c2N[C@@H]1C. The molecular weight excluding hydrogens is 382 g/mol. The fourth-order valence-corrected chi connectivity index (χ4v) is 5.54. The maximum absolute atomic E-state index is 12.2. The van der Waals surface area contributed by atoms with Crippen molar-refractivity contribution in [3.8, 4) is 0 Å². The first kappa shape index (κ1) is 20.1. The van der Waals surface area contributed by atoms with Crippen LogP contribution in [0.1, 0.15) is 47.9 Å². The second-order valence-electron chi connectivity index (χ2n) is 6.97. The Morgan fingerprint density at radius 3 is 2.81 bits per heavy atom. The molecule has 1 N–H and O–H groups in total. The summed E-state index contributed by atoms with van der Waals surface area (Å²) in [5.41, 5.74) is 4.51. The molecule has 1 aliphatic rings. The number of hydrogen-bond acceptors (Lipinski definition) is 5. The maximum atomic E-state index is 12.2. The van der Waals surface area contributed by atoms with Gasteiger partial charge in [-0.2, -0.15) is 5.10 Å². The molecule has 0 spiro atoms. The summed E-state index contributed by atoms with van der Waals surface area (Å²) in [6.07, 6.45) is 0.371. The van der Waals surface area contributed by atoms with Crippen LogP contribution in [-0.4, -0.2) is 33.6 Å². The Labute approximate surface area is 169 Å². The molecule has 0 aliphatic carbocycles. The summed E-state index contributed by atoms with van der Waals surface area (Å²) >= 11 is 7.98. The Bertz CT molecular complexity index is 852. The zero-order chi connectivity index (χ0) is 19.7. The predicted molar refractivity (Wildman–Crippen MR) is 112 cm³/mol. The van der Waals surface area contributed by atoms with E-state index in [1.54, 1.807) is 11.8 Å². The minimum atomic E-state index is -0.156. The van der Waals surface area contributed by atoms with Gasteiger partial charge in [0, 0.05) is 28.9 Å². The van der Waals surface area contributed by atoms with Crippen molar-refractivity contribution in [1.82, 2.24) is 9.78 Å². The largest absolute Gasteiger partial charge is 0.466 e. The number of esters is 1. The van der Waals surface area contributed by atoms with Gasteiger partial charge in [0.1, 0.15) is 5.82 Å². The van der Waals surface area contributed by atoms with Crippen molar-refractivity contribution in [2.75, 3.05) is 11.9 Å². The third kappa shape index (κ3) is 4.11. The molecule has 3 rings (SSSR count). The number of aromatic nitrogens is 2. The number of thioether (sulfide) groups is 1. The minimum Gasteiger partial charge on any atom is -0.466 e. The minimum absolute atomic E-state index is 0.0721. The molecule has 5 nitrogen and oxygen atoms in total. The Hall–Kier alpha value is -1.66. The lowest BCUT2D eigenvalue weighted by Gasteiger charge is -2.25. The number of anilines is 1. The number of halogens is 1. The zero-order valence-corrected chi connectivity index (χ0v) is 17.9. The van der Waals surface area contributed by atoms with Crippen LogP contribution in [0.2, 0.25) is 5.02 Å². The van der Waals surface area contributed by atoms with Crippen LogP contribution in [0.4, 0.5) is 5.82 Å². The van der Waals surface area contributed by atoms with E-state index >= 15 is 0 Å². The number of aryl methyl sites for hydroxylation is 3. The standard InChI is InChI=1S/C20H26ClN3O2S/c1-6-26-17(25)10-16-12(3)22-20-18(13(4)23-24(20)5)19(27-16)15-8-7-14(21)9-11(15)2/h7-9,12,16,19,22H,6,10H2,1-5H3/t12-,16+,19-/m1/s1. The number of hydrogen-bond donors (Lipinski definition) is 1. The van der Waals surface area contributed by atoms with Crippen LogP contribution in [0.3, 0.4) is 0 Å². The van der Waals surface area contributed by atoms with E-state index < -0.39 is 0 Å². The summed E-state index contributed by atoms with van der Waals surface area (Å²) < 4.78 is 7.10. The molecule has 0 amide bonds. The Kier molecular flexibility index (Phi) is 6.06. The average molecular weight is 408 g/mol. The second-order valence-corrected chi connectivity index (χ2v) is 8.75. The van der Waals surface area contributed by atoms with E-state index in [1.807, 2.05) is 37.7 Å². The van der Waals surface area contributed by atoms with Crippen molar-refractivity contribution in [2.45, 2.75) is 50.7 Å². The lowest BCUT2D eigenvalue weighted by molar-refractivity contribution is -0.143. The summed E-state index contributed by atoms with van der Waals surface area (Å²) in [6, 6.07) is 6.11. The summed E-state index contributed by atoms with van der Waals surface area (Å²) in [5.74, 6) is 0.856. The highest BCUT2D eigenvalue weighted by Gasteiger charge is 2.35. The Morgan fingerprint density at radius 2 is 2.15 bits per heavy atom. The predicted octanol–water partition coefficient (Wildman–Crippen LogP) is 4.65. The van der Waals surface area contributed by atoms with Crippen LogP contribution in [0.5, 0.6) is 0 Å². The molecule has 7 heteroatoms. The second kappa shape index (κ2) is 8.15. The van der Waals surface area contributed by atoms with Crippen LogP contribution >= 0.6 is 23.4 Å². The van der Waals surface area contributed by atoms with Crippen LogP contribution in [0.25, 0.3) is 0 Å². The number of fused-ring (bicyclic) bond motifs is 1. The van der Waals surface area contributed by atoms with E-state index in [1.165, 1.54) is 11.1 Å². The van der Waals surface area contributed by atoms with Gasteiger partial charge in [-0.3, -0.25) is 9.48 Å². The molecule has 3 atom stereocenters. The molecule has 2 aromatic rings. The van der Waals surface area contributed by atoms with E-state index in [0.717, 1.165) is 22.1 Å². The summed E-state index contributed by atoms with van der Waals surface area (Å²) in [5, 5.41) is 9.10. The normalized spacial score (nSPS) is 21.9. The van der Waals surface area contributed by atoms with Crippen LogP contribution in [0.15, 0.2) is 18.2 Å². The molecular formula is C20H26ClN3O2S. The number of rotatable bonds is 4. The van der Waals surface area contributed by atoms with E-state index in [-0.39, 0.29) is 22.5 Å². The molecule has 0 unspecified atom stereocenters. The van der Waals surface area contributed by atoms with E-state index in [2.05, 4.69) is 30.3 Å². The molecule has 27 heavy (non-hydrogen) atoms. The van der Waals surface area contributed by atoms with E-state index in [9.17, 15) is 4.79 Å². The summed E-state index contributed by atoms with van der Waals surface area (Å²) in [4.78, 5) is 12.2. The Morgan fingerprint density at radius 1 is 1.41 bits per heavy atom. The first-order valence-electron chi connectivity index (χ1n) is 9.19. The van der Waals surface area contributed by atoms with Gasteiger partial charge < -0.3 is 10.1 Å². The molecule has 0 saturated carbocycles. The third-order valence-electron chi connectivity index (χ3n) is 4.95. The molecule has 0 bridgehead atoms. The molecule has 0 saturated heterocycles. The third-order valence-corrected chi connectivity index (χ3v) is 6.87. The lowest BCUT2D eigenvalue weighted by Crippen LogP contribution is -2.31. The quantitative estimate of drug-likeness (QED) is 0.747. The number of carbonyl (C=O) groups is 1. The Balaban J connectivity index is 2.05. The van der Waals surface area contributed by atoms with Gasteiger partial charge in [0.25, 0.3) is 0 Å². The van der Waals surface area contributed by atoms with Crippen molar-refractivity contribution in [3.05, 3.63) is 45.6 Å². The first-order chi connectivity index (χ1) is 12.8. The molecule has 2 heterocycles. The number of nitrogens with zero attached hydrogens (tertiary/aromatic N) is 2. The molecule has 1 aliphatic heterocycles. The average Bonchev–Trinajstić information content (AvgIpc) is 2.77. The summed E-state index contributed by atoms with van der Waals surface area (Å²) in [6.45, 7) is 8.47. The molecule has 1 aromatic heterocycles. The van der Waals surface area contributed by atoms with Crippen LogP contribution in [0, 0.1) is 13.8 Å². The van der Waals surface area contributed by atoms with E-state index in [4.69, 9.17) is 16.3 Å². The number of benzene rings is 1. The van der Waals surface area contributed by atoms with Crippen molar-refractivity contribution in [1.29, 1.82) is 0 Å². The van der Waals surface area contributed by atoms with Gasteiger partial charge in [-0.15, -0.1) is 11.8 Å². The topological polar surface area (TPSA) is 56.1 Å².